The van der Waals surface area contributed by atoms with Crippen LogP contribution in [-0.4, -0.2) is 67.3 Å². The van der Waals surface area contributed by atoms with E-state index in [1.54, 1.807) is 45.2 Å². The summed E-state index contributed by atoms with van der Waals surface area (Å²) in [5.74, 6) is 0.0986. The van der Waals surface area contributed by atoms with E-state index in [0.29, 0.717) is 31.9 Å². The van der Waals surface area contributed by atoms with Crippen LogP contribution in [0.15, 0.2) is 63.5 Å². The van der Waals surface area contributed by atoms with Crippen LogP contribution in [0.2, 0.25) is 0 Å². The van der Waals surface area contributed by atoms with E-state index < -0.39 is 16.9 Å². The minimum absolute atomic E-state index is 0.0570. The number of carbonyl (C=O) groups is 1. The Morgan fingerprint density at radius 1 is 1.17 bits per heavy atom. The van der Waals surface area contributed by atoms with Gasteiger partial charge in [-0.05, 0) is 50.7 Å². The highest BCUT2D eigenvalue weighted by atomic mass is 32.1. The lowest BCUT2D eigenvalue weighted by Crippen LogP contribution is -2.44. The monoisotopic (exact) mass is 577 g/mol. The maximum atomic E-state index is 14.0. The van der Waals surface area contributed by atoms with Gasteiger partial charge in [-0.15, -0.1) is 0 Å². The summed E-state index contributed by atoms with van der Waals surface area (Å²) < 4.78 is 12.5. The molecule has 0 amide bonds. The Labute approximate surface area is 240 Å². The second kappa shape index (κ2) is 11.7. The van der Waals surface area contributed by atoms with E-state index in [9.17, 15) is 19.7 Å². The lowest BCUT2D eigenvalue weighted by molar-refractivity contribution is -0.384. The van der Waals surface area contributed by atoms with Crippen LogP contribution in [0, 0.1) is 10.1 Å². The first-order valence-electron chi connectivity index (χ1n) is 13.3. The number of esters is 1. The number of piperazine rings is 1. The van der Waals surface area contributed by atoms with Crippen LogP contribution in [0.25, 0.3) is 6.08 Å². The van der Waals surface area contributed by atoms with Crippen molar-refractivity contribution >= 4 is 34.8 Å². The third kappa shape index (κ3) is 5.52. The fraction of sp³-hybridized carbons (Fsp3) is 0.345. The minimum Gasteiger partial charge on any atom is -0.497 e. The van der Waals surface area contributed by atoms with Crippen molar-refractivity contribution in [1.29, 1.82) is 0 Å². The number of benzene rings is 2. The number of nitro benzene ring substituents is 1. The first-order chi connectivity index (χ1) is 19.7. The van der Waals surface area contributed by atoms with Gasteiger partial charge in [0, 0.05) is 49.6 Å². The molecule has 2 aliphatic rings. The van der Waals surface area contributed by atoms with Gasteiger partial charge in [0.2, 0.25) is 0 Å². The SMILES string of the molecule is CCOC(=O)C1=C(C)N=c2s/c(=C\c3cc([N+](=O)[O-])ccc3N3CCN(C)CC3)c(=O)n2C1c1ccc(OC)cc1. The summed E-state index contributed by atoms with van der Waals surface area (Å²) in [7, 11) is 3.62. The molecule has 3 heterocycles. The fourth-order valence-corrected chi connectivity index (χ4v) is 6.18. The summed E-state index contributed by atoms with van der Waals surface area (Å²) in [6.07, 6.45) is 1.69. The Morgan fingerprint density at radius 2 is 1.88 bits per heavy atom. The zero-order valence-corrected chi connectivity index (χ0v) is 24.1. The van der Waals surface area contributed by atoms with E-state index in [2.05, 4.69) is 21.8 Å². The van der Waals surface area contributed by atoms with Gasteiger partial charge in [-0.3, -0.25) is 19.5 Å². The maximum absolute atomic E-state index is 14.0. The van der Waals surface area contributed by atoms with Gasteiger partial charge >= 0.3 is 5.97 Å². The van der Waals surface area contributed by atoms with Crippen molar-refractivity contribution in [3.05, 3.63) is 94.7 Å². The molecule has 0 N–H and O–H groups in total. The van der Waals surface area contributed by atoms with Gasteiger partial charge in [0.05, 0.1) is 40.5 Å². The van der Waals surface area contributed by atoms with Gasteiger partial charge in [0.1, 0.15) is 5.75 Å². The largest absolute Gasteiger partial charge is 0.497 e. The highest BCUT2D eigenvalue weighted by Gasteiger charge is 2.33. The molecule has 214 valence electrons. The zero-order valence-electron chi connectivity index (χ0n) is 23.3. The smallest absolute Gasteiger partial charge is 0.338 e. The molecule has 1 unspecified atom stereocenters. The second-order valence-corrected chi connectivity index (χ2v) is 10.9. The Bertz CT molecular complexity index is 1700. The third-order valence-corrected chi connectivity index (χ3v) is 8.28. The molecule has 1 fully saturated rings. The average molecular weight is 578 g/mol. The molecular weight excluding hydrogens is 546 g/mol. The number of rotatable bonds is 7. The molecule has 3 aromatic rings. The standard InChI is InChI=1S/C29H31N5O6S/c1-5-40-28(36)25-18(2)30-29-33(26(25)19-6-9-22(39-4)10-7-19)27(35)24(41-29)17-20-16-21(34(37)38)8-11-23(20)32-14-12-31(3)13-15-32/h6-11,16-17,26H,5,12-15H2,1-4H3/b24-17-. The predicted molar refractivity (Wildman–Crippen MR) is 156 cm³/mol. The Balaban J connectivity index is 1.69. The van der Waals surface area contributed by atoms with Crippen LogP contribution in [0.3, 0.4) is 0 Å². The molecule has 1 atom stereocenters. The van der Waals surface area contributed by atoms with E-state index in [4.69, 9.17) is 9.47 Å². The number of carbonyl (C=O) groups excluding carboxylic acids is 1. The van der Waals surface area contributed by atoms with E-state index in [-0.39, 0.29) is 23.4 Å². The van der Waals surface area contributed by atoms with E-state index in [1.165, 1.54) is 28.0 Å². The first kappa shape index (κ1) is 28.2. The summed E-state index contributed by atoms with van der Waals surface area (Å²) in [5, 5.41) is 11.6. The lowest BCUT2D eigenvalue weighted by atomic mass is 9.96. The number of fused-ring (bicyclic) bond motifs is 1. The highest BCUT2D eigenvalue weighted by molar-refractivity contribution is 7.07. The van der Waals surface area contributed by atoms with Gasteiger partial charge in [0.25, 0.3) is 11.2 Å². The minimum atomic E-state index is -0.763. The molecule has 0 saturated carbocycles. The summed E-state index contributed by atoms with van der Waals surface area (Å²) in [5.41, 5.74) is 2.44. The summed E-state index contributed by atoms with van der Waals surface area (Å²) in [6, 6.07) is 11.1. The van der Waals surface area contributed by atoms with E-state index >= 15 is 0 Å². The van der Waals surface area contributed by atoms with Gasteiger partial charge < -0.3 is 19.3 Å². The number of aromatic nitrogens is 1. The molecule has 11 nitrogen and oxygen atoms in total. The zero-order chi connectivity index (χ0) is 29.3. The highest BCUT2D eigenvalue weighted by Crippen LogP contribution is 2.32. The maximum Gasteiger partial charge on any atom is 0.338 e. The number of nitro groups is 1. The molecule has 2 aromatic carbocycles. The van der Waals surface area contributed by atoms with Crippen molar-refractivity contribution in [2.75, 3.05) is 51.8 Å². The van der Waals surface area contributed by atoms with Crippen LogP contribution in [0.4, 0.5) is 11.4 Å². The number of nitrogens with zero attached hydrogens (tertiary/aromatic N) is 5. The molecule has 1 aromatic heterocycles. The van der Waals surface area contributed by atoms with Crippen LogP contribution in [0.1, 0.15) is 31.0 Å². The van der Waals surface area contributed by atoms with Crippen molar-refractivity contribution in [3.63, 3.8) is 0 Å². The molecule has 0 spiro atoms. The number of ether oxygens (including phenoxy) is 2. The van der Waals surface area contributed by atoms with Crippen LogP contribution >= 0.6 is 11.3 Å². The van der Waals surface area contributed by atoms with Crippen molar-refractivity contribution < 1.29 is 19.2 Å². The third-order valence-electron chi connectivity index (χ3n) is 7.30. The molecule has 41 heavy (non-hydrogen) atoms. The Kier molecular flexibility index (Phi) is 8.04. The number of allylic oxidation sites excluding steroid dienone is 1. The Hall–Kier alpha value is -4.29. The predicted octanol–water partition coefficient (Wildman–Crippen LogP) is 2.47. The van der Waals surface area contributed by atoms with E-state index in [1.807, 2.05) is 12.1 Å². The van der Waals surface area contributed by atoms with E-state index in [0.717, 1.165) is 31.9 Å². The summed E-state index contributed by atoms with van der Waals surface area (Å²) in [6.45, 7) is 6.87. The van der Waals surface area contributed by atoms with Crippen molar-refractivity contribution in [2.45, 2.75) is 19.9 Å². The number of likely N-dealkylation sites (N-methyl/N-ethyl adjacent to an activating group) is 1. The van der Waals surface area contributed by atoms with Gasteiger partial charge in [0.15, 0.2) is 4.80 Å². The Morgan fingerprint density at radius 3 is 2.51 bits per heavy atom. The fourth-order valence-electron chi connectivity index (χ4n) is 5.14. The first-order valence-corrected chi connectivity index (χ1v) is 14.1. The van der Waals surface area contributed by atoms with Crippen molar-refractivity contribution in [1.82, 2.24) is 9.47 Å². The van der Waals surface area contributed by atoms with Crippen LogP contribution in [-0.2, 0) is 9.53 Å². The quantitative estimate of drug-likeness (QED) is 0.239. The van der Waals surface area contributed by atoms with Crippen molar-refractivity contribution in [2.24, 2.45) is 4.99 Å². The molecule has 5 rings (SSSR count). The molecule has 0 radical (unpaired) electrons. The van der Waals surface area contributed by atoms with Gasteiger partial charge in [-0.25, -0.2) is 9.79 Å². The number of hydrogen-bond donors (Lipinski definition) is 0. The average Bonchev–Trinajstić information content (AvgIpc) is 3.26. The topological polar surface area (TPSA) is 120 Å². The number of anilines is 1. The lowest BCUT2D eigenvalue weighted by Gasteiger charge is -2.34. The summed E-state index contributed by atoms with van der Waals surface area (Å²) >= 11 is 1.18. The van der Waals surface area contributed by atoms with Crippen LogP contribution < -0.4 is 24.5 Å². The molecule has 0 bridgehead atoms. The second-order valence-electron chi connectivity index (χ2n) is 9.87. The number of non-ortho nitro benzene ring substituents is 1. The van der Waals surface area contributed by atoms with Crippen LogP contribution in [0.5, 0.6) is 5.75 Å². The molecule has 0 aliphatic carbocycles. The van der Waals surface area contributed by atoms with Gasteiger partial charge in [-0.1, -0.05) is 23.5 Å². The summed E-state index contributed by atoms with van der Waals surface area (Å²) in [4.78, 5) is 47.8. The number of hydrogen-bond acceptors (Lipinski definition) is 10. The number of methoxy groups -OCH3 is 1. The molecule has 1 saturated heterocycles. The normalized spacial score (nSPS) is 17.7. The van der Waals surface area contributed by atoms with Crippen molar-refractivity contribution in [3.8, 4) is 5.75 Å². The molecule has 12 heteroatoms. The molecular formula is C29H31N5O6S. The number of thiazole rings is 1. The molecule has 2 aliphatic heterocycles. The van der Waals surface area contributed by atoms with Gasteiger partial charge in [-0.2, -0.15) is 0 Å².